The molecule has 0 saturated heterocycles. The van der Waals surface area contributed by atoms with Crippen LogP contribution in [0.2, 0.25) is 0 Å². The number of sulfonamides is 1. The quantitative estimate of drug-likeness (QED) is 0.541. The monoisotopic (exact) mass is 409 g/mol. The Morgan fingerprint density at radius 3 is 2.59 bits per heavy atom. The molecule has 1 aromatic carbocycles. The van der Waals surface area contributed by atoms with Gasteiger partial charge in [-0.3, -0.25) is 9.40 Å². The number of anilines is 1. The lowest BCUT2D eigenvalue weighted by atomic mass is 10.1. The summed E-state index contributed by atoms with van der Waals surface area (Å²) >= 11 is 0. The highest BCUT2D eigenvalue weighted by atomic mass is 32.2. The Bertz CT molecular complexity index is 1320. The number of fused-ring (bicyclic) bond motifs is 1. The molecule has 29 heavy (non-hydrogen) atoms. The van der Waals surface area contributed by atoms with Gasteiger partial charge in [-0.25, -0.2) is 13.4 Å². The van der Waals surface area contributed by atoms with Gasteiger partial charge in [0.2, 0.25) is 0 Å². The lowest BCUT2D eigenvalue weighted by Crippen LogP contribution is -2.15. The Labute approximate surface area is 170 Å². The van der Waals surface area contributed by atoms with Crippen LogP contribution < -0.4 is 4.72 Å². The topological polar surface area (TPSA) is 81.3 Å². The molecule has 0 fully saturated rings. The molecular weight excluding hydrogens is 386 g/mol. The lowest BCUT2D eigenvalue weighted by molar-refractivity contribution is 0.598. The summed E-state index contributed by atoms with van der Waals surface area (Å²) in [6.07, 6.45) is 3.89. The Kier molecular flexibility index (Phi) is 4.66. The molecule has 0 radical (unpaired) electrons. The minimum atomic E-state index is -3.75. The second kappa shape index (κ2) is 7.04. The van der Waals surface area contributed by atoms with Gasteiger partial charge in [-0.1, -0.05) is 18.2 Å². The smallest absolute Gasteiger partial charge is 0.265 e. The Balaban J connectivity index is 1.70. The molecule has 0 aliphatic carbocycles. The highest BCUT2D eigenvalue weighted by molar-refractivity contribution is 7.92. The summed E-state index contributed by atoms with van der Waals surface area (Å²) in [7, 11) is -3.75. The van der Waals surface area contributed by atoms with E-state index in [1.165, 1.54) is 0 Å². The predicted molar refractivity (Wildman–Crippen MR) is 114 cm³/mol. The van der Waals surface area contributed by atoms with Crippen molar-refractivity contribution in [3.8, 4) is 11.3 Å². The molecule has 3 aromatic heterocycles. The molecule has 0 bridgehead atoms. The molecule has 4 rings (SSSR count). The van der Waals surface area contributed by atoms with Crippen molar-refractivity contribution < 1.29 is 8.42 Å². The van der Waals surface area contributed by atoms with Gasteiger partial charge in [-0.05, 0) is 51.5 Å². The third kappa shape index (κ3) is 3.40. The standard InChI is InChI=1S/C21H23N5O2S/c1-5-26-16(4)20(15(3)23-26)29(27,28)24-18-10-6-9-17(12-18)19-13-25-11-7-8-14(2)21(25)22-19/h6-13,24H,5H2,1-4H3. The molecule has 0 aliphatic heterocycles. The molecule has 3 heterocycles. The zero-order valence-corrected chi connectivity index (χ0v) is 17.7. The van der Waals surface area contributed by atoms with Crippen LogP contribution in [0.25, 0.3) is 16.9 Å². The number of aromatic nitrogens is 4. The van der Waals surface area contributed by atoms with E-state index in [2.05, 4.69) is 9.82 Å². The van der Waals surface area contributed by atoms with Crippen LogP contribution >= 0.6 is 0 Å². The number of hydrogen-bond donors (Lipinski definition) is 1. The maximum Gasteiger partial charge on any atom is 0.265 e. The molecule has 7 nitrogen and oxygen atoms in total. The molecule has 8 heteroatoms. The fourth-order valence-corrected chi connectivity index (χ4v) is 5.08. The normalized spacial score (nSPS) is 11.9. The van der Waals surface area contributed by atoms with E-state index < -0.39 is 10.0 Å². The number of hydrogen-bond acceptors (Lipinski definition) is 4. The van der Waals surface area contributed by atoms with Crippen LogP contribution in [0.15, 0.2) is 53.7 Å². The summed E-state index contributed by atoms with van der Waals surface area (Å²) in [4.78, 5) is 4.92. The number of nitrogens with zero attached hydrogens (tertiary/aromatic N) is 4. The lowest BCUT2D eigenvalue weighted by Gasteiger charge is -2.09. The fraction of sp³-hybridized carbons (Fsp3) is 0.238. The van der Waals surface area contributed by atoms with Gasteiger partial charge in [-0.15, -0.1) is 0 Å². The minimum absolute atomic E-state index is 0.230. The average molecular weight is 410 g/mol. The van der Waals surface area contributed by atoms with Crippen molar-refractivity contribution in [1.29, 1.82) is 0 Å². The molecule has 0 atom stereocenters. The van der Waals surface area contributed by atoms with E-state index in [-0.39, 0.29) is 4.90 Å². The molecule has 0 saturated carbocycles. The summed E-state index contributed by atoms with van der Waals surface area (Å²) in [5.74, 6) is 0. The van der Waals surface area contributed by atoms with Crippen molar-refractivity contribution in [3.05, 3.63) is 65.7 Å². The number of imidazole rings is 1. The fourth-order valence-electron chi connectivity index (χ4n) is 3.62. The van der Waals surface area contributed by atoms with Crippen molar-refractivity contribution in [2.24, 2.45) is 0 Å². The second-order valence-electron chi connectivity index (χ2n) is 7.05. The first-order chi connectivity index (χ1) is 13.8. The minimum Gasteiger partial charge on any atom is -0.306 e. The second-order valence-corrected chi connectivity index (χ2v) is 8.67. The maximum absolute atomic E-state index is 13.0. The van der Waals surface area contributed by atoms with Crippen LogP contribution in [0, 0.1) is 20.8 Å². The van der Waals surface area contributed by atoms with Gasteiger partial charge in [0.25, 0.3) is 10.0 Å². The van der Waals surface area contributed by atoms with E-state index in [1.54, 1.807) is 30.7 Å². The number of pyridine rings is 1. The molecule has 0 aliphatic rings. The maximum atomic E-state index is 13.0. The van der Waals surface area contributed by atoms with Crippen molar-refractivity contribution in [2.45, 2.75) is 39.1 Å². The van der Waals surface area contributed by atoms with Crippen molar-refractivity contribution >= 4 is 21.4 Å². The molecule has 0 spiro atoms. The van der Waals surface area contributed by atoms with Gasteiger partial charge in [0.1, 0.15) is 10.5 Å². The van der Waals surface area contributed by atoms with Gasteiger partial charge in [0.05, 0.1) is 17.1 Å². The molecule has 150 valence electrons. The van der Waals surface area contributed by atoms with Crippen LogP contribution in [0.4, 0.5) is 5.69 Å². The van der Waals surface area contributed by atoms with Crippen LogP contribution in [0.1, 0.15) is 23.9 Å². The Morgan fingerprint density at radius 2 is 1.90 bits per heavy atom. The zero-order valence-electron chi connectivity index (χ0n) is 16.8. The predicted octanol–water partition coefficient (Wildman–Crippen LogP) is 3.94. The number of rotatable bonds is 5. The number of nitrogens with one attached hydrogen (secondary N) is 1. The van der Waals surface area contributed by atoms with Crippen LogP contribution in [0.5, 0.6) is 0 Å². The summed E-state index contributed by atoms with van der Waals surface area (Å²) in [6.45, 7) is 8.04. The summed E-state index contributed by atoms with van der Waals surface area (Å²) in [6, 6.07) is 11.2. The van der Waals surface area contributed by atoms with E-state index >= 15 is 0 Å². The van der Waals surface area contributed by atoms with Gasteiger partial charge >= 0.3 is 0 Å². The van der Waals surface area contributed by atoms with Gasteiger partial charge in [0, 0.05) is 30.2 Å². The largest absolute Gasteiger partial charge is 0.306 e. The molecule has 0 unspecified atom stereocenters. The van der Waals surface area contributed by atoms with Crippen LogP contribution in [-0.4, -0.2) is 27.6 Å². The molecule has 1 N–H and O–H groups in total. The molecule has 0 amide bonds. The van der Waals surface area contributed by atoms with E-state index in [9.17, 15) is 8.42 Å². The Hall–Kier alpha value is -3.13. The van der Waals surface area contributed by atoms with E-state index in [4.69, 9.17) is 4.98 Å². The number of aryl methyl sites for hydroxylation is 3. The average Bonchev–Trinajstić information content (AvgIpc) is 3.23. The van der Waals surface area contributed by atoms with Gasteiger partial charge in [-0.2, -0.15) is 5.10 Å². The molecule has 4 aromatic rings. The van der Waals surface area contributed by atoms with Crippen molar-refractivity contribution in [2.75, 3.05) is 4.72 Å². The third-order valence-corrected chi connectivity index (χ3v) is 6.60. The van der Waals surface area contributed by atoms with Crippen LogP contribution in [0.3, 0.4) is 0 Å². The molecular formula is C21H23N5O2S. The summed E-state index contributed by atoms with van der Waals surface area (Å²) in [5.41, 5.74) is 5.19. The SMILES string of the molecule is CCn1nc(C)c(S(=O)(=O)Nc2cccc(-c3cn4cccc(C)c4n3)c2)c1C. The first kappa shape index (κ1) is 19.2. The highest BCUT2D eigenvalue weighted by Crippen LogP contribution is 2.26. The first-order valence-corrected chi connectivity index (χ1v) is 10.9. The van der Waals surface area contributed by atoms with Crippen molar-refractivity contribution in [1.82, 2.24) is 19.2 Å². The van der Waals surface area contributed by atoms with E-state index in [0.29, 0.717) is 23.6 Å². The summed E-state index contributed by atoms with van der Waals surface area (Å²) in [5, 5.41) is 4.32. The van der Waals surface area contributed by atoms with Crippen molar-refractivity contribution in [3.63, 3.8) is 0 Å². The zero-order chi connectivity index (χ0) is 20.8. The third-order valence-electron chi connectivity index (χ3n) is 4.97. The van der Waals surface area contributed by atoms with E-state index in [0.717, 1.165) is 22.5 Å². The Morgan fingerprint density at radius 1 is 1.10 bits per heavy atom. The first-order valence-electron chi connectivity index (χ1n) is 9.41. The summed E-state index contributed by atoms with van der Waals surface area (Å²) < 4.78 is 32.4. The van der Waals surface area contributed by atoms with Crippen LogP contribution in [-0.2, 0) is 16.6 Å². The van der Waals surface area contributed by atoms with E-state index in [1.807, 2.05) is 54.9 Å². The highest BCUT2D eigenvalue weighted by Gasteiger charge is 2.24. The van der Waals surface area contributed by atoms with Gasteiger partial charge < -0.3 is 4.40 Å². The van der Waals surface area contributed by atoms with Gasteiger partial charge in [0.15, 0.2) is 0 Å². The number of benzene rings is 1.